The number of nitrogens with one attached hydrogen (secondary N) is 1. The number of carboxylic acid groups (broad SMARTS) is 1. The van der Waals surface area contributed by atoms with Crippen LogP contribution in [-0.2, 0) is 21.1 Å². The van der Waals surface area contributed by atoms with E-state index in [-0.39, 0.29) is 21.9 Å². The van der Waals surface area contributed by atoms with Gasteiger partial charge in [0.25, 0.3) is 5.91 Å². The number of nitrogens with zero attached hydrogens (tertiary/aromatic N) is 2. The van der Waals surface area contributed by atoms with Crippen molar-refractivity contribution >= 4 is 33.3 Å². The molecule has 1 heterocycles. The molecular weight excluding hydrogens is 614 g/mol. The first-order valence-electron chi connectivity index (χ1n) is 14.7. The first-order valence-corrected chi connectivity index (χ1v) is 17.0. The Morgan fingerprint density at radius 2 is 1.53 bits per heavy atom. The summed E-state index contributed by atoms with van der Waals surface area (Å²) < 4.78 is 29.3. The summed E-state index contributed by atoms with van der Waals surface area (Å²) in [5, 5.41) is 12.1. The molecule has 4 aromatic rings. The molecule has 0 aliphatic rings. The zero-order valence-electron chi connectivity index (χ0n) is 25.2. The molecule has 0 spiro atoms. The molecule has 1 unspecified atom stereocenters. The average molecular weight is 650 g/mol. The molecule has 3 aromatic carbocycles. The summed E-state index contributed by atoms with van der Waals surface area (Å²) in [4.78, 5) is 33.7. The highest BCUT2D eigenvalue weighted by Gasteiger charge is 2.23. The second-order valence-electron chi connectivity index (χ2n) is 10.8. The first kappa shape index (κ1) is 33.6. The smallest absolute Gasteiger partial charge is 0.326 e. The minimum absolute atomic E-state index is 0.0127. The number of carboxylic acids is 1. The molecule has 0 fully saturated rings. The van der Waals surface area contributed by atoms with Crippen molar-refractivity contribution < 1.29 is 27.9 Å². The number of hydrogen-bond donors (Lipinski definition) is 2. The lowest BCUT2D eigenvalue weighted by Gasteiger charge is -2.16. The molecule has 11 heteroatoms. The van der Waals surface area contributed by atoms with E-state index < -0.39 is 27.8 Å². The van der Waals surface area contributed by atoms with Crippen molar-refractivity contribution in [3.8, 4) is 28.3 Å². The third kappa shape index (κ3) is 9.60. The number of ether oxygens (including phenoxy) is 1. The Morgan fingerprint density at radius 3 is 2.13 bits per heavy atom. The van der Waals surface area contributed by atoms with Crippen molar-refractivity contribution in [1.82, 2.24) is 15.3 Å². The standard InChI is InChI=1S/C34H36ClN3O6S/c1-3-4-5-6-7-18-44-27-14-12-24(13-15-27)26-21-36-32(37-22-26)25-10-8-23(9-11-25)19-31(34(40)41)38-33(39)29-17-16-28(20-30(29)35)45(2,42)43/h8-17,20-22,31H,3-7,18-19H2,1-2H3,(H,38,39)(H,40,41). The third-order valence-corrected chi connectivity index (χ3v) is 8.65. The van der Waals surface area contributed by atoms with Gasteiger partial charge in [-0.05, 0) is 47.9 Å². The van der Waals surface area contributed by atoms with Crippen LogP contribution >= 0.6 is 11.6 Å². The van der Waals surface area contributed by atoms with Crippen LogP contribution in [0, 0.1) is 0 Å². The number of aromatic nitrogens is 2. The second kappa shape index (κ2) is 15.6. The molecule has 0 saturated carbocycles. The van der Waals surface area contributed by atoms with Crippen LogP contribution < -0.4 is 10.1 Å². The number of aliphatic carboxylic acids is 1. The maximum atomic E-state index is 12.8. The number of sulfone groups is 1. The minimum atomic E-state index is -3.51. The molecule has 0 saturated heterocycles. The molecule has 45 heavy (non-hydrogen) atoms. The lowest BCUT2D eigenvalue weighted by Crippen LogP contribution is -2.42. The number of unbranched alkanes of at least 4 members (excludes halogenated alkanes) is 4. The molecule has 1 amide bonds. The van der Waals surface area contributed by atoms with E-state index in [1.165, 1.54) is 37.8 Å². The number of amides is 1. The van der Waals surface area contributed by atoms with E-state index in [0.29, 0.717) is 18.0 Å². The van der Waals surface area contributed by atoms with Crippen LogP contribution in [0.2, 0.25) is 5.02 Å². The van der Waals surface area contributed by atoms with Gasteiger partial charge in [-0.3, -0.25) is 4.79 Å². The van der Waals surface area contributed by atoms with E-state index in [1.54, 1.807) is 36.7 Å². The molecule has 2 N–H and O–H groups in total. The summed E-state index contributed by atoms with van der Waals surface area (Å²) in [7, 11) is -3.51. The summed E-state index contributed by atoms with van der Waals surface area (Å²) in [6.07, 6.45) is 10.5. The van der Waals surface area contributed by atoms with Crippen LogP contribution in [0.1, 0.15) is 54.9 Å². The number of benzene rings is 3. The molecule has 0 aliphatic carbocycles. The van der Waals surface area contributed by atoms with Gasteiger partial charge < -0.3 is 15.2 Å². The van der Waals surface area contributed by atoms with Gasteiger partial charge in [0.1, 0.15) is 11.8 Å². The Bertz CT molecular complexity index is 1710. The van der Waals surface area contributed by atoms with Gasteiger partial charge in [0.2, 0.25) is 0 Å². The molecule has 1 atom stereocenters. The number of rotatable bonds is 15. The lowest BCUT2D eigenvalue weighted by molar-refractivity contribution is -0.139. The Hall–Kier alpha value is -4.28. The predicted molar refractivity (Wildman–Crippen MR) is 174 cm³/mol. The maximum Gasteiger partial charge on any atom is 0.326 e. The Labute approximate surface area is 268 Å². The van der Waals surface area contributed by atoms with Crippen LogP contribution in [0.3, 0.4) is 0 Å². The summed E-state index contributed by atoms with van der Waals surface area (Å²) in [6.45, 7) is 2.91. The fraction of sp³-hybridized carbons (Fsp3) is 0.294. The van der Waals surface area contributed by atoms with Gasteiger partial charge >= 0.3 is 5.97 Å². The fourth-order valence-corrected chi connectivity index (χ4v) is 5.62. The quantitative estimate of drug-likeness (QED) is 0.137. The Kier molecular flexibility index (Phi) is 11.7. The number of hydrogen-bond acceptors (Lipinski definition) is 7. The fourth-order valence-electron chi connectivity index (χ4n) is 4.64. The van der Waals surface area contributed by atoms with Crippen molar-refractivity contribution in [2.75, 3.05) is 12.9 Å². The topological polar surface area (TPSA) is 136 Å². The molecule has 1 aromatic heterocycles. The zero-order chi connectivity index (χ0) is 32.4. The largest absolute Gasteiger partial charge is 0.494 e. The highest BCUT2D eigenvalue weighted by atomic mass is 35.5. The van der Waals surface area contributed by atoms with Gasteiger partial charge in [0.15, 0.2) is 15.7 Å². The van der Waals surface area contributed by atoms with Gasteiger partial charge in [-0.15, -0.1) is 0 Å². The number of carbonyl (C=O) groups excluding carboxylic acids is 1. The summed E-state index contributed by atoms with van der Waals surface area (Å²) in [5.74, 6) is -0.595. The summed E-state index contributed by atoms with van der Waals surface area (Å²) in [6, 6.07) is 17.4. The van der Waals surface area contributed by atoms with Gasteiger partial charge in [-0.1, -0.05) is 80.6 Å². The summed E-state index contributed by atoms with van der Waals surface area (Å²) >= 11 is 6.12. The van der Waals surface area contributed by atoms with Crippen molar-refractivity contribution in [3.05, 3.63) is 95.3 Å². The van der Waals surface area contributed by atoms with Gasteiger partial charge in [-0.2, -0.15) is 0 Å². The Morgan fingerprint density at radius 1 is 0.889 bits per heavy atom. The number of halogens is 1. The third-order valence-electron chi connectivity index (χ3n) is 7.22. The van der Waals surface area contributed by atoms with Crippen LogP contribution in [-0.4, -0.2) is 54.3 Å². The van der Waals surface area contributed by atoms with Gasteiger partial charge in [0, 0.05) is 36.2 Å². The predicted octanol–water partition coefficient (Wildman–Crippen LogP) is 6.64. The van der Waals surface area contributed by atoms with E-state index >= 15 is 0 Å². The van der Waals surface area contributed by atoms with E-state index in [1.807, 2.05) is 24.3 Å². The molecule has 0 bridgehead atoms. The van der Waals surface area contributed by atoms with Crippen LogP contribution in [0.15, 0.2) is 84.0 Å². The van der Waals surface area contributed by atoms with E-state index in [0.717, 1.165) is 41.2 Å². The van der Waals surface area contributed by atoms with Gasteiger partial charge in [-0.25, -0.2) is 23.2 Å². The van der Waals surface area contributed by atoms with Crippen molar-refractivity contribution in [3.63, 3.8) is 0 Å². The van der Waals surface area contributed by atoms with E-state index in [2.05, 4.69) is 22.2 Å². The van der Waals surface area contributed by atoms with Crippen LogP contribution in [0.5, 0.6) is 5.75 Å². The molecular formula is C34H36ClN3O6S. The second-order valence-corrected chi connectivity index (χ2v) is 13.2. The average Bonchev–Trinajstić information content (AvgIpc) is 3.02. The SMILES string of the molecule is CCCCCCCOc1ccc(-c2cnc(-c3ccc(CC(NC(=O)c4ccc(S(C)(=O)=O)cc4Cl)C(=O)O)cc3)nc2)cc1. The zero-order valence-corrected chi connectivity index (χ0v) is 26.8. The van der Waals surface area contributed by atoms with Crippen LogP contribution in [0.4, 0.5) is 0 Å². The number of carbonyl (C=O) groups is 2. The highest BCUT2D eigenvalue weighted by molar-refractivity contribution is 7.90. The summed E-state index contributed by atoms with van der Waals surface area (Å²) in [5.41, 5.74) is 3.24. The lowest BCUT2D eigenvalue weighted by atomic mass is 10.0. The minimum Gasteiger partial charge on any atom is -0.494 e. The molecule has 4 rings (SSSR count). The molecule has 0 aliphatic heterocycles. The molecule has 236 valence electrons. The van der Waals surface area contributed by atoms with Crippen molar-refractivity contribution in [1.29, 1.82) is 0 Å². The van der Waals surface area contributed by atoms with E-state index in [4.69, 9.17) is 16.3 Å². The first-order chi connectivity index (χ1) is 21.5. The Balaban J connectivity index is 1.34. The molecule has 9 nitrogen and oxygen atoms in total. The highest BCUT2D eigenvalue weighted by Crippen LogP contribution is 2.24. The monoisotopic (exact) mass is 649 g/mol. The van der Waals surface area contributed by atoms with Gasteiger partial charge in [0.05, 0.1) is 22.1 Å². The maximum absolute atomic E-state index is 12.8. The molecule has 0 radical (unpaired) electrons. The normalized spacial score (nSPS) is 12.0. The van der Waals surface area contributed by atoms with E-state index in [9.17, 15) is 23.1 Å². The van der Waals surface area contributed by atoms with Crippen LogP contribution in [0.25, 0.3) is 22.5 Å². The van der Waals surface area contributed by atoms with Crippen molar-refractivity contribution in [2.24, 2.45) is 0 Å². The van der Waals surface area contributed by atoms with Crippen molar-refractivity contribution in [2.45, 2.75) is 56.4 Å².